The molecule has 3 aliphatic heterocycles. The number of fused-ring (bicyclic) bond motifs is 6. The number of ketones is 1. The molecule has 3 saturated heterocycles. The molecule has 9 nitrogen and oxygen atoms in total. The maximum absolute atomic E-state index is 14.5. The summed E-state index contributed by atoms with van der Waals surface area (Å²) < 4.78 is 18.7. The molecule has 0 radical (unpaired) electrons. The number of carbonyl (C=O) groups is 1. The fraction of sp³-hybridized carbons (Fsp3) is 0.848. The van der Waals surface area contributed by atoms with Gasteiger partial charge < -0.3 is 40.0 Å². The zero-order chi connectivity index (χ0) is 29.7. The van der Waals surface area contributed by atoms with Gasteiger partial charge in [0.1, 0.15) is 6.10 Å². The van der Waals surface area contributed by atoms with Crippen molar-refractivity contribution >= 4 is 5.78 Å². The van der Waals surface area contributed by atoms with Crippen LogP contribution in [0.3, 0.4) is 0 Å². The molecule has 0 aromatic rings. The monoisotopic (exact) mass is 587 g/mol. The first-order valence-corrected chi connectivity index (χ1v) is 16.3. The van der Waals surface area contributed by atoms with E-state index in [1.165, 1.54) is 11.1 Å². The molecular weight excluding hydrogens is 538 g/mol. The van der Waals surface area contributed by atoms with Gasteiger partial charge in [-0.2, -0.15) is 0 Å². The smallest absolute Gasteiger partial charge is 0.186 e. The second-order valence-corrected chi connectivity index (χ2v) is 14.9. The van der Waals surface area contributed by atoms with Crippen LogP contribution in [0.4, 0.5) is 0 Å². The molecule has 7 rings (SSSR count). The molecule has 3 heterocycles. The van der Waals surface area contributed by atoms with E-state index in [-0.39, 0.29) is 35.1 Å². The van der Waals surface area contributed by atoms with Crippen LogP contribution >= 0.6 is 0 Å². The van der Waals surface area contributed by atoms with E-state index in [1.807, 2.05) is 0 Å². The van der Waals surface area contributed by atoms with Gasteiger partial charge in [-0.3, -0.25) is 4.79 Å². The van der Waals surface area contributed by atoms with Crippen molar-refractivity contribution < 1.29 is 39.4 Å². The lowest BCUT2D eigenvalue weighted by Gasteiger charge is -2.49. The molecule has 0 aromatic heterocycles. The average molecular weight is 588 g/mol. The lowest BCUT2D eigenvalue weighted by atomic mass is 9.56. The third kappa shape index (κ3) is 4.14. The van der Waals surface area contributed by atoms with Crippen LogP contribution in [0.2, 0.25) is 0 Å². The lowest BCUT2D eigenvalue weighted by molar-refractivity contribution is -0.341. The van der Waals surface area contributed by atoms with Crippen LogP contribution in [0.25, 0.3) is 0 Å². The van der Waals surface area contributed by atoms with Crippen LogP contribution in [0.5, 0.6) is 0 Å². The predicted octanol–water partition coefficient (Wildman–Crippen LogP) is 2.21. The number of nitrogens with one attached hydrogen (secondary N) is 1. The molecule has 5 N–H and O–H groups in total. The number of aliphatic hydroxyl groups is 4. The number of rotatable bonds is 3. The van der Waals surface area contributed by atoms with E-state index in [4.69, 9.17) is 14.2 Å². The minimum Gasteiger partial charge on any atom is -0.396 e. The van der Waals surface area contributed by atoms with Crippen LogP contribution in [-0.4, -0.2) is 88.0 Å². The summed E-state index contributed by atoms with van der Waals surface area (Å²) in [4.78, 5) is 14.5. The molecular formula is C33H49NO8. The van der Waals surface area contributed by atoms with E-state index >= 15 is 0 Å². The summed E-state index contributed by atoms with van der Waals surface area (Å²) in [5, 5.41) is 44.0. The number of ether oxygens (including phenoxy) is 3. The molecule has 4 aliphatic carbocycles. The summed E-state index contributed by atoms with van der Waals surface area (Å²) in [6, 6.07) is 0.345. The van der Waals surface area contributed by atoms with Gasteiger partial charge in [0, 0.05) is 23.5 Å². The van der Waals surface area contributed by atoms with Crippen molar-refractivity contribution in [1.29, 1.82) is 0 Å². The lowest BCUT2D eigenvalue weighted by Crippen LogP contribution is -2.57. The van der Waals surface area contributed by atoms with E-state index in [0.717, 1.165) is 44.2 Å². The largest absolute Gasteiger partial charge is 0.396 e. The molecule has 7 aliphatic rings. The Morgan fingerprint density at radius 2 is 1.93 bits per heavy atom. The zero-order valence-corrected chi connectivity index (χ0v) is 25.4. The molecule has 9 heteroatoms. The van der Waals surface area contributed by atoms with Crippen molar-refractivity contribution in [3.8, 4) is 0 Å². The van der Waals surface area contributed by atoms with Crippen LogP contribution < -0.4 is 5.32 Å². The highest BCUT2D eigenvalue weighted by atomic mass is 16.7. The summed E-state index contributed by atoms with van der Waals surface area (Å²) >= 11 is 0. The van der Waals surface area contributed by atoms with Crippen molar-refractivity contribution in [2.45, 2.75) is 121 Å². The van der Waals surface area contributed by atoms with Crippen molar-refractivity contribution in [2.75, 3.05) is 13.2 Å². The highest BCUT2D eigenvalue weighted by Crippen LogP contribution is 2.64. The molecule has 234 valence electrons. The summed E-state index contributed by atoms with van der Waals surface area (Å²) in [5.74, 6) is 0.961. The summed E-state index contributed by atoms with van der Waals surface area (Å²) in [6.45, 7) is 9.65. The van der Waals surface area contributed by atoms with Gasteiger partial charge in [-0.05, 0) is 87.2 Å². The molecule has 0 amide bonds. The van der Waals surface area contributed by atoms with Gasteiger partial charge in [0.05, 0.1) is 36.4 Å². The quantitative estimate of drug-likeness (QED) is 0.315. The first-order valence-electron chi connectivity index (χ1n) is 16.3. The van der Waals surface area contributed by atoms with Crippen LogP contribution in [0.1, 0.15) is 72.6 Å². The highest BCUT2D eigenvalue weighted by Gasteiger charge is 2.63. The molecule has 15 atom stereocenters. The predicted molar refractivity (Wildman–Crippen MR) is 153 cm³/mol. The normalized spacial score (nSPS) is 53.9. The van der Waals surface area contributed by atoms with Gasteiger partial charge in [-0.15, -0.1) is 0 Å². The van der Waals surface area contributed by atoms with Crippen LogP contribution in [0, 0.1) is 40.9 Å². The Hall–Kier alpha value is -1.17. The van der Waals surface area contributed by atoms with Crippen LogP contribution in [0.15, 0.2) is 22.8 Å². The molecule has 2 saturated carbocycles. The molecule has 1 spiro atoms. The Morgan fingerprint density at radius 3 is 2.69 bits per heavy atom. The van der Waals surface area contributed by atoms with E-state index in [0.29, 0.717) is 42.4 Å². The Morgan fingerprint density at radius 1 is 1.14 bits per heavy atom. The number of hydrogen-bond acceptors (Lipinski definition) is 9. The van der Waals surface area contributed by atoms with Crippen molar-refractivity contribution in [1.82, 2.24) is 5.32 Å². The van der Waals surface area contributed by atoms with Crippen molar-refractivity contribution in [3.63, 3.8) is 0 Å². The average Bonchev–Trinajstić information content (AvgIpc) is 3.41. The second-order valence-electron chi connectivity index (χ2n) is 14.9. The van der Waals surface area contributed by atoms with Crippen molar-refractivity contribution in [2.24, 2.45) is 40.9 Å². The zero-order valence-electron chi connectivity index (χ0n) is 25.4. The van der Waals surface area contributed by atoms with Crippen molar-refractivity contribution in [3.05, 3.63) is 22.8 Å². The molecule has 42 heavy (non-hydrogen) atoms. The maximum Gasteiger partial charge on any atom is 0.186 e. The van der Waals surface area contributed by atoms with E-state index in [2.05, 4.69) is 39.1 Å². The molecule has 0 bridgehead atoms. The van der Waals surface area contributed by atoms with E-state index < -0.39 is 37.3 Å². The first kappa shape index (κ1) is 29.5. The summed E-state index contributed by atoms with van der Waals surface area (Å²) in [6.07, 6.45) is 2.96. The number of hydrogen-bond donors (Lipinski definition) is 5. The van der Waals surface area contributed by atoms with Crippen LogP contribution in [-0.2, 0) is 19.0 Å². The third-order valence-electron chi connectivity index (χ3n) is 12.8. The molecule has 0 unspecified atom stereocenters. The third-order valence-corrected chi connectivity index (χ3v) is 12.8. The number of piperidine rings is 1. The number of carbonyl (C=O) groups excluding carboxylic acids is 1. The Bertz CT molecular complexity index is 1170. The summed E-state index contributed by atoms with van der Waals surface area (Å²) in [7, 11) is 0. The van der Waals surface area contributed by atoms with Gasteiger partial charge in [0.2, 0.25) is 0 Å². The van der Waals surface area contributed by atoms with Gasteiger partial charge in [0.15, 0.2) is 18.4 Å². The fourth-order valence-corrected chi connectivity index (χ4v) is 10.4. The van der Waals surface area contributed by atoms with E-state index in [1.54, 1.807) is 0 Å². The number of aliphatic hydroxyl groups excluding tert-OH is 4. The SMILES string of the molecule is CC1=C2C(=O)[C@@H]3[C@H](CC=C4C[C@H](O[C@@H]5O[C@H](O)[C@H](O)[C@H](O)[C@@H]5CO)CC[C@@]43C)[C@@H]2CC[C@]12O[C@@H]1C[C@H](C)CN[C@@H]1[C@@H]2C. The van der Waals surface area contributed by atoms with Gasteiger partial charge in [-0.1, -0.05) is 32.4 Å². The summed E-state index contributed by atoms with van der Waals surface area (Å²) in [5.41, 5.74) is 2.90. The Balaban J connectivity index is 1.11. The number of allylic oxidation sites excluding steroid dienone is 2. The minimum atomic E-state index is -1.58. The number of Topliss-reactive ketones (excluding diaryl/α,β-unsaturated/α-hetero) is 1. The topological polar surface area (TPSA) is 138 Å². The standard InChI is InChI=1S/C33H49NO8/c1-15-11-23-26(34-13-15)17(3)33(42-23)10-8-20-21-6-5-18-12-19(40-31-22(14-35)27(36)29(38)30(39)41-31)7-9-32(18,4)25(21)28(37)24(20)16(33)2/h5,15,17,19-23,25-27,29-31,34-36,38-39H,6-14H2,1-4H3/t15-,17-,19+,20-,21+,22-,23+,25-,26+,27+,29+,30-,31+,32-,33-/m0/s1. The van der Waals surface area contributed by atoms with Gasteiger partial charge in [-0.25, -0.2) is 0 Å². The van der Waals surface area contributed by atoms with Gasteiger partial charge in [0.25, 0.3) is 0 Å². The first-order chi connectivity index (χ1) is 20.0. The highest BCUT2D eigenvalue weighted by molar-refractivity contribution is 6.02. The second kappa shape index (κ2) is 10.4. The van der Waals surface area contributed by atoms with Gasteiger partial charge >= 0.3 is 0 Å². The minimum absolute atomic E-state index is 0.0457. The molecule has 0 aromatic carbocycles. The Labute approximate surface area is 248 Å². The fourth-order valence-electron chi connectivity index (χ4n) is 10.4. The Kier molecular flexibility index (Phi) is 7.34. The molecule has 5 fully saturated rings. The maximum atomic E-state index is 14.5. The van der Waals surface area contributed by atoms with E-state index in [9.17, 15) is 25.2 Å².